The molecule has 2 aromatic rings. The van der Waals surface area contributed by atoms with Crippen molar-refractivity contribution in [2.45, 2.75) is 33.7 Å². The fourth-order valence-corrected chi connectivity index (χ4v) is 3.43. The minimum Gasteiger partial charge on any atom is -0.367 e. The highest BCUT2D eigenvalue weighted by Crippen LogP contribution is 2.17. The van der Waals surface area contributed by atoms with Crippen LogP contribution < -0.4 is 21.5 Å². The van der Waals surface area contributed by atoms with Crippen molar-refractivity contribution in [2.24, 2.45) is 5.84 Å². The average Bonchev–Trinajstić information content (AvgIpc) is 2.76. The number of anilines is 1. The lowest BCUT2D eigenvalue weighted by atomic mass is 10.0. The molecule has 3 rings (SSSR count). The number of nitrogens with one attached hydrogen (secondary N) is 2. The van der Waals surface area contributed by atoms with Crippen LogP contribution >= 0.6 is 0 Å². The third-order valence-corrected chi connectivity index (χ3v) is 5.14. The van der Waals surface area contributed by atoms with Gasteiger partial charge in [0, 0.05) is 45.3 Å². The van der Waals surface area contributed by atoms with Gasteiger partial charge in [0.05, 0.1) is 11.9 Å². The van der Waals surface area contributed by atoms with Crippen molar-refractivity contribution in [3.63, 3.8) is 0 Å². The van der Waals surface area contributed by atoms with Gasteiger partial charge < -0.3 is 15.1 Å². The summed E-state index contributed by atoms with van der Waals surface area (Å²) in [6.45, 7) is 5.24. The Balaban J connectivity index is 0.00000320. The lowest BCUT2D eigenvalue weighted by Gasteiger charge is -2.35. The first kappa shape index (κ1) is 23.2. The molecule has 162 valence electrons. The zero-order valence-corrected chi connectivity index (χ0v) is 16.7. The quantitative estimate of drug-likeness (QED) is 0.382. The molecule has 8 heteroatoms. The summed E-state index contributed by atoms with van der Waals surface area (Å²) in [5.41, 5.74) is 6.42. The van der Waals surface area contributed by atoms with E-state index in [4.69, 9.17) is 5.84 Å². The summed E-state index contributed by atoms with van der Waals surface area (Å²) >= 11 is 0. The molecule has 0 aliphatic carbocycles. The van der Waals surface area contributed by atoms with Crippen LogP contribution in [0.3, 0.4) is 0 Å². The van der Waals surface area contributed by atoms with Crippen LogP contribution in [-0.2, 0) is 24.2 Å². The van der Waals surface area contributed by atoms with Crippen LogP contribution in [0.15, 0.2) is 42.6 Å². The number of pyridine rings is 1. The Kier molecular flexibility index (Phi) is 8.61. The van der Waals surface area contributed by atoms with Crippen molar-refractivity contribution >= 4 is 17.6 Å². The first-order valence-electron chi connectivity index (χ1n) is 9.83. The van der Waals surface area contributed by atoms with Crippen LogP contribution in [-0.4, -0.2) is 48.0 Å². The number of nitrogens with two attached hydrogens (primary N) is 1. The standard InChI is InChI=1S/C21H28N6O2.CH4/c1-16(28)26-9-11-27(12-10-26)20-8-7-19(23-15-20)6-5-17-3-2-4-18(13-17)14-24-21(29)25-22;/h2-4,7-8,13,15H,5-6,9-12,14,22H2,1H3,(H2,24,25,29);1H4. The lowest BCUT2D eigenvalue weighted by Crippen LogP contribution is -2.48. The Morgan fingerprint density at radius 1 is 1.07 bits per heavy atom. The van der Waals surface area contributed by atoms with E-state index in [2.05, 4.69) is 44.9 Å². The molecule has 1 aromatic carbocycles. The molecule has 0 bridgehead atoms. The van der Waals surface area contributed by atoms with Crippen LogP contribution in [0.25, 0.3) is 0 Å². The number of benzene rings is 1. The zero-order valence-electron chi connectivity index (χ0n) is 16.7. The lowest BCUT2D eigenvalue weighted by molar-refractivity contribution is -0.129. The number of aryl methyl sites for hydroxylation is 2. The second-order valence-electron chi connectivity index (χ2n) is 7.15. The second-order valence-corrected chi connectivity index (χ2v) is 7.15. The molecule has 0 unspecified atom stereocenters. The molecular formula is C22H32N6O2. The third kappa shape index (κ3) is 6.45. The predicted molar refractivity (Wildman–Crippen MR) is 119 cm³/mol. The Labute approximate surface area is 178 Å². The number of hydrazine groups is 1. The number of aromatic nitrogens is 1. The Morgan fingerprint density at radius 2 is 1.80 bits per heavy atom. The molecule has 1 fully saturated rings. The number of carbonyl (C=O) groups is 2. The number of hydrogen-bond donors (Lipinski definition) is 3. The van der Waals surface area contributed by atoms with Gasteiger partial charge in [0.25, 0.3) is 0 Å². The van der Waals surface area contributed by atoms with Gasteiger partial charge in [-0.2, -0.15) is 0 Å². The van der Waals surface area contributed by atoms with E-state index in [1.54, 1.807) is 6.92 Å². The molecule has 1 aliphatic rings. The predicted octanol–water partition coefficient (Wildman–Crippen LogP) is 1.84. The van der Waals surface area contributed by atoms with E-state index in [0.29, 0.717) is 6.54 Å². The van der Waals surface area contributed by atoms with Gasteiger partial charge in [-0.3, -0.25) is 15.2 Å². The molecular weight excluding hydrogens is 380 g/mol. The monoisotopic (exact) mass is 412 g/mol. The second kappa shape index (κ2) is 11.2. The summed E-state index contributed by atoms with van der Waals surface area (Å²) in [5, 5.41) is 2.68. The van der Waals surface area contributed by atoms with E-state index in [9.17, 15) is 9.59 Å². The fourth-order valence-electron chi connectivity index (χ4n) is 3.43. The van der Waals surface area contributed by atoms with Crippen molar-refractivity contribution < 1.29 is 9.59 Å². The van der Waals surface area contributed by atoms with Gasteiger partial charge in [0.15, 0.2) is 0 Å². The minimum absolute atomic E-state index is 0. The highest BCUT2D eigenvalue weighted by Gasteiger charge is 2.18. The summed E-state index contributed by atoms with van der Waals surface area (Å²) in [7, 11) is 0. The van der Waals surface area contributed by atoms with Gasteiger partial charge in [-0.05, 0) is 36.1 Å². The molecule has 1 aliphatic heterocycles. The van der Waals surface area contributed by atoms with E-state index < -0.39 is 6.03 Å². The van der Waals surface area contributed by atoms with Crippen LogP contribution in [0.5, 0.6) is 0 Å². The SMILES string of the molecule is C.CC(=O)N1CCN(c2ccc(CCc3cccc(CNC(=O)NN)c3)nc2)CC1. The maximum atomic E-state index is 11.4. The van der Waals surface area contributed by atoms with Gasteiger partial charge in [0.1, 0.15) is 0 Å². The van der Waals surface area contributed by atoms with Gasteiger partial charge >= 0.3 is 6.03 Å². The van der Waals surface area contributed by atoms with Gasteiger partial charge in [0.2, 0.25) is 5.91 Å². The van der Waals surface area contributed by atoms with Crippen molar-refractivity contribution in [3.8, 4) is 0 Å². The average molecular weight is 413 g/mol. The van der Waals surface area contributed by atoms with Crippen molar-refractivity contribution in [1.82, 2.24) is 20.6 Å². The molecule has 1 aromatic heterocycles. The van der Waals surface area contributed by atoms with Gasteiger partial charge in [-0.15, -0.1) is 0 Å². The minimum atomic E-state index is -0.401. The van der Waals surface area contributed by atoms with Crippen molar-refractivity contribution in [3.05, 3.63) is 59.4 Å². The van der Waals surface area contributed by atoms with E-state index in [1.807, 2.05) is 23.2 Å². The molecule has 8 nitrogen and oxygen atoms in total. The van der Waals surface area contributed by atoms with Crippen LogP contribution in [0, 0.1) is 0 Å². The molecule has 1 saturated heterocycles. The Morgan fingerprint density at radius 3 is 2.43 bits per heavy atom. The molecule has 0 radical (unpaired) electrons. The van der Waals surface area contributed by atoms with E-state index in [0.717, 1.165) is 56.0 Å². The summed E-state index contributed by atoms with van der Waals surface area (Å²) < 4.78 is 0. The van der Waals surface area contributed by atoms with E-state index >= 15 is 0 Å². The first-order chi connectivity index (χ1) is 14.0. The molecule has 0 saturated carbocycles. The largest absolute Gasteiger partial charge is 0.367 e. The number of carbonyl (C=O) groups excluding carboxylic acids is 2. The van der Waals surface area contributed by atoms with Crippen LogP contribution in [0.2, 0.25) is 0 Å². The topological polar surface area (TPSA) is 104 Å². The number of rotatable bonds is 6. The number of urea groups is 1. The highest BCUT2D eigenvalue weighted by atomic mass is 16.2. The zero-order chi connectivity index (χ0) is 20.6. The van der Waals surface area contributed by atoms with E-state index in [1.165, 1.54) is 5.56 Å². The maximum Gasteiger partial charge on any atom is 0.329 e. The molecule has 30 heavy (non-hydrogen) atoms. The highest BCUT2D eigenvalue weighted by molar-refractivity contribution is 5.73. The van der Waals surface area contributed by atoms with Gasteiger partial charge in [-0.25, -0.2) is 10.6 Å². The molecule has 0 atom stereocenters. The van der Waals surface area contributed by atoms with Crippen molar-refractivity contribution in [1.29, 1.82) is 0 Å². The number of amides is 3. The molecule has 2 heterocycles. The van der Waals surface area contributed by atoms with E-state index in [-0.39, 0.29) is 13.3 Å². The van der Waals surface area contributed by atoms with Crippen molar-refractivity contribution in [2.75, 3.05) is 31.1 Å². The Hall–Kier alpha value is -3.13. The smallest absolute Gasteiger partial charge is 0.329 e. The number of piperazine rings is 1. The summed E-state index contributed by atoms with van der Waals surface area (Å²) in [4.78, 5) is 31.4. The molecule has 0 spiro atoms. The number of hydrogen-bond acceptors (Lipinski definition) is 5. The van der Waals surface area contributed by atoms with Crippen LogP contribution in [0.4, 0.5) is 10.5 Å². The van der Waals surface area contributed by atoms with Gasteiger partial charge in [-0.1, -0.05) is 31.7 Å². The summed E-state index contributed by atoms with van der Waals surface area (Å²) in [5.74, 6) is 5.21. The number of nitrogens with zero attached hydrogens (tertiary/aromatic N) is 3. The maximum absolute atomic E-state index is 11.4. The third-order valence-electron chi connectivity index (χ3n) is 5.14. The Bertz CT molecular complexity index is 832. The fraction of sp³-hybridized carbons (Fsp3) is 0.409. The first-order valence-corrected chi connectivity index (χ1v) is 9.83. The molecule has 4 N–H and O–H groups in total. The molecule has 3 amide bonds. The van der Waals surface area contributed by atoms with Crippen LogP contribution in [0.1, 0.15) is 31.2 Å². The normalized spacial score (nSPS) is 13.4. The summed E-state index contributed by atoms with van der Waals surface area (Å²) in [6, 6.07) is 11.9. The summed E-state index contributed by atoms with van der Waals surface area (Å²) in [6.07, 6.45) is 3.64.